The molecule has 2 rings (SSSR count). The zero-order chi connectivity index (χ0) is 13.5. The molecule has 0 bridgehead atoms. The molecule has 2 heterocycles. The Kier molecular flexibility index (Phi) is 5.54. The summed E-state index contributed by atoms with van der Waals surface area (Å²) < 4.78 is 5.21. The summed E-state index contributed by atoms with van der Waals surface area (Å²) in [6.07, 6.45) is 2.31. The highest BCUT2D eigenvalue weighted by molar-refractivity contribution is 5.38. The summed E-state index contributed by atoms with van der Waals surface area (Å²) >= 11 is 0. The lowest BCUT2D eigenvalue weighted by Gasteiger charge is -2.16. The van der Waals surface area contributed by atoms with Crippen LogP contribution in [0.5, 0.6) is 0 Å². The van der Waals surface area contributed by atoms with E-state index in [4.69, 9.17) is 4.74 Å². The van der Waals surface area contributed by atoms with Crippen LogP contribution in [-0.4, -0.2) is 43.5 Å². The summed E-state index contributed by atoms with van der Waals surface area (Å²) in [4.78, 5) is 2.29. The number of methoxy groups -OCH3 is 1. The second kappa shape index (κ2) is 7.40. The molecule has 0 aliphatic carbocycles. The number of anilines is 1. The summed E-state index contributed by atoms with van der Waals surface area (Å²) in [5, 5.41) is 11.9. The minimum absolute atomic E-state index is 0.623. The average molecular weight is 264 g/mol. The van der Waals surface area contributed by atoms with Crippen LogP contribution in [0.25, 0.3) is 0 Å². The van der Waals surface area contributed by atoms with Crippen molar-refractivity contribution in [1.82, 2.24) is 15.5 Å². The first-order valence-corrected chi connectivity index (χ1v) is 7.10. The van der Waals surface area contributed by atoms with Crippen LogP contribution >= 0.6 is 0 Å². The molecule has 5 heteroatoms. The Bertz CT molecular complexity index is 368. The van der Waals surface area contributed by atoms with E-state index in [-0.39, 0.29) is 0 Å². The predicted octanol–water partition coefficient (Wildman–Crippen LogP) is 1.45. The van der Waals surface area contributed by atoms with Crippen LogP contribution in [0.15, 0.2) is 12.1 Å². The van der Waals surface area contributed by atoms with E-state index in [0.717, 1.165) is 50.7 Å². The van der Waals surface area contributed by atoms with Gasteiger partial charge in [0, 0.05) is 32.7 Å². The van der Waals surface area contributed by atoms with Gasteiger partial charge >= 0.3 is 0 Å². The number of rotatable bonds is 7. The van der Waals surface area contributed by atoms with Gasteiger partial charge in [0.25, 0.3) is 0 Å². The van der Waals surface area contributed by atoms with E-state index in [2.05, 4.69) is 39.5 Å². The fourth-order valence-electron chi connectivity index (χ4n) is 2.42. The van der Waals surface area contributed by atoms with Gasteiger partial charge in [0.1, 0.15) is 0 Å². The predicted molar refractivity (Wildman–Crippen MR) is 76.2 cm³/mol. The summed E-state index contributed by atoms with van der Waals surface area (Å²) in [5.74, 6) is 1.61. The molecule has 1 atom stereocenters. The molecule has 1 fully saturated rings. The monoisotopic (exact) mass is 264 g/mol. The number of nitrogens with one attached hydrogen (secondary N) is 1. The molecular formula is C14H24N4O. The lowest BCUT2D eigenvalue weighted by Crippen LogP contribution is -2.23. The van der Waals surface area contributed by atoms with Gasteiger partial charge in [0.05, 0.1) is 12.3 Å². The van der Waals surface area contributed by atoms with Crippen molar-refractivity contribution in [3.8, 4) is 0 Å². The van der Waals surface area contributed by atoms with E-state index in [9.17, 15) is 0 Å². The zero-order valence-electron chi connectivity index (χ0n) is 11.9. The van der Waals surface area contributed by atoms with Crippen LogP contribution in [0.2, 0.25) is 0 Å². The Labute approximate surface area is 115 Å². The maximum Gasteiger partial charge on any atom is 0.151 e. The van der Waals surface area contributed by atoms with Crippen molar-refractivity contribution in [2.45, 2.75) is 26.3 Å². The Morgan fingerprint density at radius 3 is 3.00 bits per heavy atom. The lowest BCUT2D eigenvalue weighted by molar-refractivity contribution is 0.161. The van der Waals surface area contributed by atoms with E-state index < -0.39 is 0 Å². The van der Waals surface area contributed by atoms with E-state index in [1.807, 2.05) is 0 Å². The standard InChI is InChI=1S/C14H24N4O/c1-3-7-15-9-13-4-5-14(17-16-13)18-8-6-12(10-18)11-19-2/h4-5,12,15H,3,6-11H2,1-2H3. The summed E-state index contributed by atoms with van der Waals surface area (Å²) in [6, 6.07) is 4.14. The average Bonchev–Trinajstić information content (AvgIpc) is 2.89. The highest BCUT2D eigenvalue weighted by Crippen LogP contribution is 2.21. The quantitative estimate of drug-likeness (QED) is 0.755. The molecule has 0 radical (unpaired) electrons. The van der Waals surface area contributed by atoms with Crippen LogP contribution in [0, 0.1) is 5.92 Å². The second-order valence-electron chi connectivity index (χ2n) is 5.12. The first kappa shape index (κ1) is 14.2. The third kappa shape index (κ3) is 4.14. The molecule has 1 N–H and O–H groups in total. The largest absolute Gasteiger partial charge is 0.384 e. The Balaban J connectivity index is 1.85. The van der Waals surface area contributed by atoms with Gasteiger partial charge in [-0.25, -0.2) is 0 Å². The molecule has 0 amide bonds. The third-order valence-electron chi connectivity index (χ3n) is 3.45. The van der Waals surface area contributed by atoms with Crippen LogP contribution in [0.4, 0.5) is 5.82 Å². The number of hydrogen-bond donors (Lipinski definition) is 1. The van der Waals surface area contributed by atoms with E-state index in [1.165, 1.54) is 6.42 Å². The Morgan fingerprint density at radius 1 is 1.42 bits per heavy atom. The molecular weight excluding hydrogens is 240 g/mol. The van der Waals surface area contributed by atoms with E-state index in [0.29, 0.717) is 5.92 Å². The second-order valence-corrected chi connectivity index (χ2v) is 5.12. The zero-order valence-corrected chi connectivity index (χ0v) is 11.9. The van der Waals surface area contributed by atoms with Gasteiger partial charge in [-0.15, -0.1) is 5.10 Å². The number of hydrogen-bond acceptors (Lipinski definition) is 5. The number of ether oxygens (including phenoxy) is 1. The van der Waals surface area contributed by atoms with Crippen molar-refractivity contribution in [3.05, 3.63) is 17.8 Å². The van der Waals surface area contributed by atoms with Crippen LogP contribution in [0.3, 0.4) is 0 Å². The van der Waals surface area contributed by atoms with Crippen LogP contribution in [0.1, 0.15) is 25.5 Å². The van der Waals surface area contributed by atoms with Crippen molar-refractivity contribution in [3.63, 3.8) is 0 Å². The van der Waals surface area contributed by atoms with Crippen molar-refractivity contribution in [2.75, 3.05) is 38.3 Å². The lowest BCUT2D eigenvalue weighted by atomic mass is 10.1. The first-order chi connectivity index (χ1) is 9.33. The minimum atomic E-state index is 0.623. The molecule has 0 saturated carbocycles. The van der Waals surface area contributed by atoms with Gasteiger partial charge in [-0.05, 0) is 31.5 Å². The third-order valence-corrected chi connectivity index (χ3v) is 3.45. The van der Waals surface area contributed by atoms with Crippen LogP contribution in [-0.2, 0) is 11.3 Å². The normalized spacial score (nSPS) is 19.1. The molecule has 1 unspecified atom stereocenters. The highest BCUT2D eigenvalue weighted by Gasteiger charge is 2.23. The summed E-state index contributed by atoms with van der Waals surface area (Å²) in [7, 11) is 1.76. The van der Waals surface area contributed by atoms with Gasteiger partial charge in [0.15, 0.2) is 5.82 Å². The van der Waals surface area contributed by atoms with E-state index >= 15 is 0 Å². The molecule has 1 aromatic rings. The topological polar surface area (TPSA) is 50.3 Å². The Hall–Kier alpha value is -1.20. The smallest absolute Gasteiger partial charge is 0.151 e. The van der Waals surface area contributed by atoms with Crippen molar-refractivity contribution in [2.24, 2.45) is 5.92 Å². The molecule has 0 spiro atoms. The fraction of sp³-hybridized carbons (Fsp3) is 0.714. The molecule has 106 valence electrons. The number of nitrogens with zero attached hydrogens (tertiary/aromatic N) is 3. The van der Waals surface area contributed by atoms with Gasteiger partial charge in [-0.3, -0.25) is 0 Å². The van der Waals surface area contributed by atoms with Gasteiger partial charge in [-0.2, -0.15) is 5.10 Å². The summed E-state index contributed by atoms with van der Waals surface area (Å²) in [5.41, 5.74) is 1.00. The molecule has 5 nitrogen and oxygen atoms in total. The molecule has 0 aromatic carbocycles. The Morgan fingerprint density at radius 2 is 2.32 bits per heavy atom. The SMILES string of the molecule is CCCNCc1ccc(N2CCC(COC)C2)nn1. The fourth-order valence-corrected chi connectivity index (χ4v) is 2.42. The minimum Gasteiger partial charge on any atom is -0.384 e. The van der Waals surface area contributed by atoms with Crippen LogP contribution < -0.4 is 10.2 Å². The first-order valence-electron chi connectivity index (χ1n) is 7.10. The molecule has 1 aromatic heterocycles. The van der Waals surface area contributed by atoms with Gasteiger partial charge in [-0.1, -0.05) is 6.92 Å². The molecule has 19 heavy (non-hydrogen) atoms. The van der Waals surface area contributed by atoms with Crippen molar-refractivity contribution < 1.29 is 4.74 Å². The van der Waals surface area contributed by atoms with Gasteiger partial charge < -0.3 is 15.0 Å². The van der Waals surface area contributed by atoms with Crippen molar-refractivity contribution >= 4 is 5.82 Å². The maximum atomic E-state index is 5.21. The number of aromatic nitrogens is 2. The summed E-state index contributed by atoms with van der Waals surface area (Å²) in [6.45, 7) is 6.89. The highest BCUT2D eigenvalue weighted by atomic mass is 16.5. The molecule has 1 saturated heterocycles. The van der Waals surface area contributed by atoms with Gasteiger partial charge in [0.2, 0.25) is 0 Å². The molecule has 1 aliphatic rings. The van der Waals surface area contributed by atoms with E-state index in [1.54, 1.807) is 7.11 Å². The maximum absolute atomic E-state index is 5.21. The van der Waals surface area contributed by atoms with Crippen molar-refractivity contribution in [1.29, 1.82) is 0 Å². The molecule has 1 aliphatic heterocycles.